The zero-order valence-corrected chi connectivity index (χ0v) is 18.4. The third-order valence-electron chi connectivity index (χ3n) is 7.55. The second kappa shape index (κ2) is 6.17. The van der Waals surface area contributed by atoms with Crippen LogP contribution in [0.3, 0.4) is 0 Å². The van der Waals surface area contributed by atoms with Gasteiger partial charge in [0.1, 0.15) is 0 Å². The van der Waals surface area contributed by atoms with Crippen LogP contribution in [0.4, 0.5) is 0 Å². The molecule has 5 aromatic rings. The molecule has 1 aliphatic heterocycles. The second-order valence-electron chi connectivity index (χ2n) is 9.64. The van der Waals surface area contributed by atoms with Gasteiger partial charge in [0.25, 0.3) is 0 Å². The van der Waals surface area contributed by atoms with Crippen molar-refractivity contribution in [2.24, 2.45) is 0 Å². The number of fused-ring (bicyclic) bond motifs is 8. The van der Waals surface area contributed by atoms with Crippen molar-refractivity contribution in [1.82, 2.24) is 0 Å². The summed E-state index contributed by atoms with van der Waals surface area (Å²) in [5, 5.41) is 1.31. The van der Waals surface area contributed by atoms with E-state index in [0.717, 1.165) is 6.54 Å². The monoisotopic (exact) mass is 410 g/mol. The molecule has 0 saturated heterocycles. The van der Waals surface area contributed by atoms with Crippen LogP contribution in [0.25, 0.3) is 44.4 Å². The van der Waals surface area contributed by atoms with Gasteiger partial charge in [-0.1, -0.05) is 80.6 Å². The normalized spacial score (nSPS) is 14.7. The standard InChI is InChI=1S/C31H24N/c1-31(2)27-14-8-6-12-22(27)26-16-21-19-32-29-15-9-7-13-23(29)24(20-10-4-3-5-11-20)18-30(32)25(21)17-28(26)31/h3-18H,19H2,1-2H3/q+1. The predicted octanol–water partition coefficient (Wildman–Crippen LogP) is 7.13. The lowest BCUT2D eigenvalue weighted by atomic mass is 9.81. The molecule has 0 radical (unpaired) electrons. The molecule has 2 aliphatic rings. The van der Waals surface area contributed by atoms with Crippen LogP contribution in [0.1, 0.15) is 30.5 Å². The zero-order chi connectivity index (χ0) is 21.4. The number of hydrogen-bond donors (Lipinski definition) is 0. The molecule has 1 aliphatic carbocycles. The molecule has 1 aromatic heterocycles. The summed E-state index contributed by atoms with van der Waals surface area (Å²) >= 11 is 0. The Labute approximate surface area is 188 Å². The first-order chi connectivity index (χ1) is 15.6. The van der Waals surface area contributed by atoms with Crippen molar-refractivity contribution in [2.45, 2.75) is 25.8 Å². The lowest BCUT2D eigenvalue weighted by molar-refractivity contribution is -0.645. The average Bonchev–Trinajstić information content (AvgIpc) is 3.31. The van der Waals surface area contributed by atoms with Gasteiger partial charge in [-0.15, -0.1) is 0 Å². The topological polar surface area (TPSA) is 3.88 Å². The summed E-state index contributed by atoms with van der Waals surface area (Å²) in [6, 6.07) is 35.9. The van der Waals surface area contributed by atoms with E-state index in [9.17, 15) is 0 Å². The molecule has 0 unspecified atom stereocenters. The number of pyridine rings is 1. The molecule has 7 rings (SSSR count). The Morgan fingerprint density at radius 3 is 2.25 bits per heavy atom. The SMILES string of the molecule is CC1(C)c2ccccc2-c2cc3c(cc21)-c1cc(-c2ccccc2)c2ccccc2[n+]1C3. The van der Waals surface area contributed by atoms with E-state index in [4.69, 9.17) is 0 Å². The van der Waals surface area contributed by atoms with Gasteiger partial charge in [0, 0.05) is 28.7 Å². The number of aromatic nitrogens is 1. The molecule has 0 fully saturated rings. The smallest absolute Gasteiger partial charge is 0.187 e. The van der Waals surface area contributed by atoms with E-state index >= 15 is 0 Å². The van der Waals surface area contributed by atoms with Crippen LogP contribution in [0.15, 0.2) is 97.1 Å². The van der Waals surface area contributed by atoms with Gasteiger partial charge in [0.15, 0.2) is 6.54 Å². The van der Waals surface area contributed by atoms with Crippen LogP contribution in [0.5, 0.6) is 0 Å². The average molecular weight is 411 g/mol. The van der Waals surface area contributed by atoms with Crippen molar-refractivity contribution >= 4 is 10.9 Å². The van der Waals surface area contributed by atoms with Crippen molar-refractivity contribution < 1.29 is 4.57 Å². The van der Waals surface area contributed by atoms with Crippen molar-refractivity contribution in [1.29, 1.82) is 0 Å². The number of hydrogen-bond acceptors (Lipinski definition) is 0. The summed E-state index contributed by atoms with van der Waals surface area (Å²) in [4.78, 5) is 0. The van der Waals surface area contributed by atoms with Gasteiger partial charge in [-0.05, 0) is 46.0 Å². The molecule has 0 amide bonds. The minimum atomic E-state index is 0.0213. The lowest BCUT2D eigenvalue weighted by Gasteiger charge is -2.21. The zero-order valence-electron chi connectivity index (χ0n) is 18.4. The second-order valence-corrected chi connectivity index (χ2v) is 9.64. The Kier molecular flexibility index (Phi) is 3.45. The summed E-state index contributed by atoms with van der Waals surface area (Å²) in [7, 11) is 0. The van der Waals surface area contributed by atoms with E-state index in [2.05, 4.69) is 115 Å². The van der Waals surface area contributed by atoms with Gasteiger partial charge in [-0.2, -0.15) is 4.57 Å². The van der Waals surface area contributed by atoms with E-state index in [1.807, 2.05) is 0 Å². The van der Waals surface area contributed by atoms with Gasteiger partial charge in [-0.3, -0.25) is 0 Å². The quantitative estimate of drug-likeness (QED) is 0.254. The van der Waals surface area contributed by atoms with Crippen molar-refractivity contribution in [3.8, 4) is 33.5 Å². The first-order valence-electron chi connectivity index (χ1n) is 11.4. The third-order valence-corrected chi connectivity index (χ3v) is 7.55. The molecular formula is C31H24N+. The van der Waals surface area contributed by atoms with E-state index in [0.29, 0.717) is 0 Å². The van der Waals surface area contributed by atoms with Crippen LogP contribution < -0.4 is 4.57 Å². The van der Waals surface area contributed by atoms with Crippen LogP contribution >= 0.6 is 0 Å². The minimum absolute atomic E-state index is 0.0213. The molecule has 0 spiro atoms. The van der Waals surface area contributed by atoms with E-state index in [1.165, 1.54) is 61.1 Å². The van der Waals surface area contributed by atoms with E-state index in [1.54, 1.807) is 0 Å². The fourth-order valence-electron chi connectivity index (χ4n) is 5.94. The molecule has 0 N–H and O–H groups in total. The van der Waals surface area contributed by atoms with Crippen LogP contribution in [0.2, 0.25) is 0 Å². The first kappa shape index (κ1) is 17.9. The van der Waals surface area contributed by atoms with Gasteiger partial charge < -0.3 is 0 Å². The largest absolute Gasteiger partial charge is 0.214 e. The number of benzene rings is 4. The summed E-state index contributed by atoms with van der Waals surface area (Å²) in [5.74, 6) is 0. The van der Waals surface area contributed by atoms with Crippen molar-refractivity contribution in [3.63, 3.8) is 0 Å². The Morgan fingerprint density at radius 1 is 0.625 bits per heavy atom. The molecule has 2 heterocycles. The highest BCUT2D eigenvalue weighted by molar-refractivity contribution is 5.95. The number of para-hydroxylation sites is 1. The molecule has 0 saturated carbocycles. The van der Waals surface area contributed by atoms with Crippen LogP contribution in [-0.4, -0.2) is 0 Å². The maximum atomic E-state index is 2.50. The molecule has 152 valence electrons. The molecule has 4 aromatic carbocycles. The molecule has 32 heavy (non-hydrogen) atoms. The molecule has 1 heteroatoms. The summed E-state index contributed by atoms with van der Waals surface area (Å²) in [6.07, 6.45) is 0. The molecule has 1 nitrogen and oxygen atoms in total. The molecular weight excluding hydrogens is 386 g/mol. The van der Waals surface area contributed by atoms with Gasteiger partial charge in [-0.25, -0.2) is 0 Å². The third kappa shape index (κ3) is 2.26. The Hall–Kier alpha value is -3.71. The lowest BCUT2D eigenvalue weighted by Crippen LogP contribution is -2.33. The Bertz CT molecular complexity index is 1560. The summed E-state index contributed by atoms with van der Waals surface area (Å²) in [6.45, 7) is 5.65. The highest BCUT2D eigenvalue weighted by Gasteiger charge is 2.39. The minimum Gasteiger partial charge on any atom is -0.187 e. The maximum Gasteiger partial charge on any atom is 0.214 e. The Morgan fingerprint density at radius 2 is 1.38 bits per heavy atom. The fourth-order valence-corrected chi connectivity index (χ4v) is 5.94. The van der Waals surface area contributed by atoms with Gasteiger partial charge >= 0.3 is 0 Å². The predicted molar refractivity (Wildman–Crippen MR) is 132 cm³/mol. The van der Waals surface area contributed by atoms with Gasteiger partial charge in [0.2, 0.25) is 11.2 Å². The highest BCUT2D eigenvalue weighted by atomic mass is 15.0. The summed E-state index contributed by atoms with van der Waals surface area (Å²) in [5.41, 5.74) is 13.7. The van der Waals surface area contributed by atoms with Crippen molar-refractivity contribution in [3.05, 3.63) is 114 Å². The van der Waals surface area contributed by atoms with Crippen LogP contribution in [0, 0.1) is 0 Å². The summed E-state index contributed by atoms with van der Waals surface area (Å²) < 4.78 is 2.50. The first-order valence-corrected chi connectivity index (χ1v) is 11.4. The van der Waals surface area contributed by atoms with E-state index < -0.39 is 0 Å². The van der Waals surface area contributed by atoms with Crippen LogP contribution in [-0.2, 0) is 12.0 Å². The molecule has 0 bridgehead atoms. The maximum absolute atomic E-state index is 2.50. The van der Waals surface area contributed by atoms with Crippen molar-refractivity contribution in [2.75, 3.05) is 0 Å². The molecule has 0 atom stereocenters. The number of nitrogens with zero attached hydrogens (tertiary/aromatic N) is 1. The van der Waals surface area contributed by atoms with Gasteiger partial charge in [0.05, 0.1) is 10.9 Å². The highest BCUT2D eigenvalue weighted by Crippen LogP contribution is 2.51. The number of rotatable bonds is 1. The van der Waals surface area contributed by atoms with E-state index in [-0.39, 0.29) is 5.41 Å². The Balaban J connectivity index is 1.52. The fraction of sp³-hybridized carbons (Fsp3) is 0.129.